The van der Waals surface area contributed by atoms with Gasteiger partial charge in [0.25, 0.3) is 5.91 Å². The molecule has 2 aliphatic heterocycles. The average Bonchev–Trinajstić information content (AvgIpc) is 2.85. The Labute approximate surface area is 138 Å². The summed E-state index contributed by atoms with van der Waals surface area (Å²) in [6, 6.07) is 12.3. The van der Waals surface area contributed by atoms with Crippen molar-refractivity contribution in [2.45, 2.75) is 6.17 Å². The van der Waals surface area contributed by atoms with Crippen molar-refractivity contribution in [1.82, 2.24) is 0 Å². The van der Waals surface area contributed by atoms with Crippen molar-refractivity contribution in [3.63, 3.8) is 0 Å². The van der Waals surface area contributed by atoms with Crippen LogP contribution in [0.4, 0.5) is 11.4 Å². The smallest absolute Gasteiger partial charge is 0.262 e. The molecule has 4 rings (SSSR count). The van der Waals surface area contributed by atoms with Crippen LogP contribution in [0.15, 0.2) is 42.5 Å². The third-order valence-electron chi connectivity index (χ3n) is 4.29. The number of anilines is 2. The first-order chi connectivity index (χ1) is 11.1. The predicted octanol–water partition coefficient (Wildman–Crippen LogP) is 2.29. The lowest BCUT2D eigenvalue weighted by molar-refractivity contribution is 0.0904. The van der Waals surface area contributed by atoms with E-state index in [1.165, 1.54) is 0 Å². The van der Waals surface area contributed by atoms with Crippen LogP contribution in [-0.2, 0) is 0 Å². The van der Waals surface area contributed by atoms with Crippen molar-refractivity contribution in [3.8, 4) is 0 Å². The molecule has 2 aliphatic rings. The van der Waals surface area contributed by atoms with Crippen LogP contribution in [0.3, 0.4) is 0 Å². The topological polar surface area (TPSA) is 66.6 Å². The fraction of sp³-hybridized carbons (Fsp3) is 0.176. The van der Waals surface area contributed by atoms with Gasteiger partial charge in [0.2, 0.25) is 5.78 Å². The molecule has 2 N–H and O–H groups in total. The first-order valence-corrected chi connectivity index (χ1v) is 7.74. The van der Waals surface area contributed by atoms with E-state index in [1.54, 1.807) is 41.3 Å². The van der Waals surface area contributed by atoms with Crippen molar-refractivity contribution in [1.29, 1.82) is 0 Å². The summed E-state index contributed by atoms with van der Waals surface area (Å²) in [5, 5.41) is 0.523. The van der Waals surface area contributed by atoms with Gasteiger partial charge >= 0.3 is 0 Å². The molecule has 0 saturated carbocycles. The number of hydrogen-bond acceptors (Lipinski definition) is 4. The van der Waals surface area contributed by atoms with Gasteiger partial charge in [-0.15, -0.1) is 0 Å². The Morgan fingerprint density at radius 1 is 1.04 bits per heavy atom. The molecule has 0 fully saturated rings. The summed E-state index contributed by atoms with van der Waals surface area (Å²) in [7, 11) is 0. The van der Waals surface area contributed by atoms with Gasteiger partial charge in [0.1, 0.15) is 0 Å². The molecule has 0 saturated heterocycles. The SMILES string of the molecule is NCCN1c2cc(Cl)ccc2C(=O)N2c3ccccc3C(=O)C12. The molecule has 1 unspecified atom stereocenters. The Morgan fingerprint density at radius 3 is 2.61 bits per heavy atom. The van der Waals surface area contributed by atoms with Crippen LogP contribution in [-0.4, -0.2) is 30.9 Å². The van der Waals surface area contributed by atoms with E-state index in [0.29, 0.717) is 40.6 Å². The third-order valence-corrected chi connectivity index (χ3v) is 4.53. The molecule has 2 heterocycles. The van der Waals surface area contributed by atoms with E-state index >= 15 is 0 Å². The molecule has 1 amide bonds. The van der Waals surface area contributed by atoms with Gasteiger partial charge in [0.05, 0.1) is 16.9 Å². The molecule has 116 valence electrons. The quantitative estimate of drug-likeness (QED) is 0.919. The van der Waals surface area contributed by atoms with E-state index in [1.807, 2.05) is 11.0 Å². The molecule has 0 aliphatic carbocycles. The second-order valence-corrected chi connectivity index (χ2v) is 6.01. The number of carbonyl (C=O) groups is 2. The number of amides is 1. The molecule has 1 atom stereocenters. The highest BCUT2D eigenvalue weighted by atomic mass is 35.5. The molecule has 0 radical (unpaired) electrons. The van der Waals surface area contributed by atoms with Gasteiger partial charge in [-0.3, -0.25) is 14.5 Å². The maximum atomic E-state index is 12.9. The molecule has 6 heteroatoms. The number of rotatable bonds is 2. The molecule has 0 bridgehead atoms. The maximum absolute atomic E-state index is 12.9. The molecule has 5 nitrogen and oxygen atoms in total. The normalized spacial score (nSPS) is 18.8. The van der Waals surface area contributed by atoms with Gasteiger partial charge < -0.3 is 10.6 Å². The highest BCUT2D eigenvalue weighted by molar-refractivity contribution is 6.32. The van der Waals surface area contributed by atoms with Crippen LogP contribution < -0.4 is 15.5 Å². The van der Waals surface area contributed by atoms with E-state index in [0.717, 1.165) is 0 Å². The van der Waals surface area contributed by atoms with Crippen molar-refractivity contribution in [2.24, 2.45) is 5.73 Å². The second-order valence-electron chi connectivity index (χ2n) is 5.57. The second kappa shape index (κ2) is 5.08. The molecule has 0 spiro atoms. The lowest BCUT2D eigenvalue weighted by atomic mass is 10.0. The third kappa shape index (κ3) is 1.90. The minimum absolute atomic E-state index is 0.0898. The van der Waals surface area contributed by atoms with Crippen molar-refractivity contribution < 1.29 is 9.59 Å². The zero-order valence-electron chi connectivity index (χ0n) is 12.2. The number of nitrogens with two attached hydrogens (primary N) is 1. The number of para-hydroxylation sites is 1. The van der Waals surface area contributed by atoms with Gasteiger partial charge in [0, 0.05) is 23.7 Å². The molecule has 2 aromatic rings. The summed E-state index contributed by atoms with van der Waals surface area (Å²) in [5.74, 6) is -0.277. The van der Waals surface area contributed by atoms with Gasteiger partial charge in [-0.25, -0.2) is 0 Å². The Balaban J connectivity index is 1.95. The first-order valence-electron chi connectivity index (χ1n) is 7.36. The van der Waals surface area contributed by atoms with Gasteiger partial charge in [0.15, 0.2) is 6.17 Å². The summed E-state index contributed by atoms with van der Waals surface area (Å²) in [6.07, 6.45) is -0.686. The van der Waals surface area contributed by atoms with Crippen LogP contribution in [0.5, 0.6) is 0 Å². The Hall–Kier alpha value is -2.37. The van der Waals surface area contributed by atoms with Crippen molar-refractivity contribution >= 4 is 34.7 Å². The number of benzene rings is 2. The predicted molar refractivity (Wildman–Crippen MR) is 89.2 cm³/mol. The average molecular weight is 328 g/mol. The molecular formula is C17H14ClN3O2. The molecule has 0 aromatic heterocycles. The van der Waals surface area contributed by atoms with Crippen molar-refractivity contribution in [3.05, 3.63) is 58.6 Å². The van der Waals surface area contributed by atoms with Crippen molar-refractivity contribution in [2.75, 3.05) is 22.9 Å². The Bertz CT molecular complexity index is 836. The summed E-state index contributed by atoms with van der Waals surface area (Å²) < 4.78 is 0. The van der Waals surface area contributed by atoms with E-state index in [4.69, 9.17) is 17.3 Å². The minimum Gasteiger partial charge on any atom is -0.342 e. The van der Waals surface area contributed by atoms with E-state index < -0.39 is 6.17 Å². The van der Waals surface area contributed by atoms with E-state index in [-0.39, 0.29) is 11.7 Å². The monoisotopic (exact) mass is 327 g/mol. The number of ketones is 1. The van der Waals surface area contributed by atoms with Crippen LogP contribution >= 0.6 is 11.6 Å². The summed E-state index contributed by atoms with van der Waals surface area (Å²) in [5.41, 5.74) is 8.14. The number of Topliss-reactive ketones (excluding diaryl/α,β-unsaturated/α-hetero) is 1. The highest BCUT2D eigenvalue weighted by Gasteiger charge is 2.48. The number of halogens is 1. The van der Waals surface area contributed by atoms with E-state index in [2.05, 4.69) is 0 Å². The number of nitrogens with zero attached hydrogens (tertiary/aromatic N) is 2. The van der Waals surface area contributed by atoms with Crippen LogP contribution in [0.1, 0.15) is 20.7 Å². The number of carbonyl (C=O) groups excluding carboxylic acids is 2. The fourth-order valence-electron chi connectivity index (χ4n) is 3.35. The largest absolute Gasteiger partial charge is 0.342 e. The minimum atomic E-state index is -0.686. The van der Waals surface area contributed by atoms with Crippen LogP contribution in [0.2, 0.25) is 5.02 Å². The first kappa shape index (κ1) is 14.2. The standard InChI is InChI=1S/C17H14ClN3O2/c18-10-5-6-12-14(9-10)20(8-7-19)16-15(22)11-3-1-2-4-13(11)21(16)17(12)23/h1-6,9,16H,7-8,19H2. The van der Waals surface area contributed by atoms with Gasteiger partial charge in [-0.2, -0.15) is 0 Å². The highest BCUT2D eigenvalue weighted by Crippen LogP contribution is 2.42. The molecular weight excluding hydrogens is 314 g/mol. The zero-order valence-corrected chi connectivity index (χ0v) is 13.0. The summed E-state index contributed by atoms with van der Waals surface area (Å²) >= 11 is 6.09. The Kier molecular flexibility index (Phi) is 3.14. The number of fused-ring (bicyclic) bond motifs is 4. The molecule has 2 aromatic carbocycles. The van der Waals surface area contributed by atoms with Crippen LogP contribution in [0.25, 0.3) is 0 Å². The lowest BCUT2D eigenvalue weighted by Crippen LogP contribution is -2.57. The summed E-state index contributed by atoms with van der Waals surface area (Å²) in [4.78, 5) is 29.2. The summed E-state index contributed by atoms with van der Waals surface area (Å²) in [6.45, 7) is 0.829. The number of hydrogen-bond donors (Lipinski definition) is 1. The van der Waals surface area contributed by atoms with E-state index in [9.17, 15) is 9.59 Å². The fourth-order valence-corrected chi connectivity index (χ4v) is 3.51. The van der Waals surface area contributed by atoms with Gasteiger partial charge in [-0.05, 0) is 30.3 Å². The Morgan fingerprint density at radius 2 is 1.83 bits per heavy atom. The zero-order chi connectivity index (χ0) is 16.1. The maximum Gasteiger partial charge on any atom is 0.262 e. The molecule has 23 heavy (non-hydrogen) atoms. The van der Waals surface area contributed by atoms with Gasteiger partial charge in [-0.1, -0.05) is 23.7 Å². The van der Waals surface area contributed by atoms with Crippen LogP contribution in [0, 0.1) is 0 Å². The lowest BCUT2D eigenvalue weighted by Gasteiger charge is -2.41.